The third-order valence-electron chi connectivity index (χ3n) is 6.73. The predicted octanol–water partition coefficient (Wildman–Crippen LogP) is 4.52. The van der Waals surface area contributed by atoms with Crippen LogP contribution in [0.2, 0.25) is 0 Å². The zero-order valence-electron chi connectivity index (χ0n) is 17.1. The number of nitrogens with zero attached hydrogens (tertiary/aromatic N) is 2. The highest BCUT2D eigenvalue weighted by molar-refractivity contribution is 6.02. The minimum atomic E-state index is 0.141. The van der Waals surface area contributed by atoms with Crippen LogP contribution in [0.25, 0.3) is 21.9 Å². The number of nitrogens with two attached hydrogens (primary N) is 1. The van der Waals surface area contributed by atoms with Crippen LogP contribution in [0, 0.1) is 5.41 Å². The van der Waals surface area contributed by atoms with Gasteiger partial charge in [-0.15, -0.1) is 0 Å². The van der Waals surface area contributed by atoms with Crippen molar-refractivity contribution in [1.29, 1.82) is 0 Å². The zero-order chi connectivity index (χ0) is 20.6. The molecule has 2 fully saturated rings. The quantitative estimate of drug-likeness (QED) is 0.686. The number of benzene rings is 2. The molecule has 1 spiro atoms. The van der Waals surface area contributed by atoms with Crippen molar-refractivity contribution in [2.45, 2.75) is 25.7 Å². The Hall–Kier alpha value is -2.92. The fraction of sp³-hybridized carbons (Fsp3) is 0.360. The molecule has 2 N–H and O–H groups in total. The third-order valence-corrected chi connectivity index (χ3v) is 6.73. The van der Waals surface area contributed by atoms with Crippen molar-refractivity contribution in [3.8, 4) is 11.1 Å². The van der Waals surface area contributed by atoms with E-state index in [1.54, 1.807) is 6.20 Å². The average Bonchev–Trinajstić information content (AvgIpc) is 2.79. The summed E-state index contributed by atoms with van der Waals surface area (Å²) in [5, 5.41) is 2.17. The van der Waals surface area contributed by atoms with Crippen molar-refractivity contribution < 1.29 is 9.53 Å². The largest absolute Gasteiger partial charge is 0.384 e. The van der Waals surface area contributed by atoms with Crippen molar-refractivity contribution in [3.05, 3.63) is 60.3 Å². The number of nitrogen functional groups attached to an aromatic ring is 1. The van der Waals surface area contributed by atoms with E-state index in [0.29, 0.717) is 5.82 Å². The van der Waals surface area contributed by atoms with Gasteiger partial charge in [-0.2, -0.15) is 0 Å². The molecule has 3 aromatic rings. The Kier molecular flexibility index (Phi) is 4.91. The lowest BCUT2D eigenvalue weighted by molar-refractivity contribution is -0.0229. The van der Waals surface area contributed by atoms with E-state index >= 15 is 0 Å². The number of hydrogen-bond acceptors (Lipinski definition) is 4. The third kappa shape index (κ3) is 3.54. The number of ether oxygens (including phenoxy) is 1. The molecule has 154 valence electrons. The molecule has 5 nitrogen and oxygen atoms in total. The molecule has 2 aromatic carbocycles. The summed E-state index contributed by atoms with van der Waals surface area (Å²) in [5.74, 6) is 0.651. The lowest BCUT2D eigenvalue weighted by Gasteiger charge is -2.45. The Morgan fingerprint density at radius 2 is 1.93 bits per heavy atom. The molecule has 1 aromatic heterocycles. The van der Waals surface area contributed by atoms with E-state index < -0.39 is 0 Å². The van der Waals surface area contributed by atoms with Crippen LogP contribution in [0.15, 0.2) is 54.7 Å². The van der Waals surface area contributed by atoms with Crippen LogP contribution in [-0.2, 0) is 4.74 Å². The van der Waals surface area contributed by atoms with Crippen molar-refractivity contribution >= 4 is 22.5 Å². The molecule has 2 aliphatic rings. The van der Waals surface area contributed by atoms with Crippen LogP contribution in [0.4, 0.5) is 5.82 Å². The van der Waals surface area contributed by atoms with Gasteiger partial charge in [-0.05, 0) is 71.7 Å². The number of aromatic nitrogens is 1. The highest BCUT2D eigenvalue weighted by Gasteiger charge is 2.38. The average molecular weight is 402 g/mol. The number of fused-ring (bicyclic) bond motifs is 1. The van der Waals surface area contributed by atoms with Gasteiger partial charge >= 0.3 is 0 Å². The highest BCUT2D eigenvalue weighted by atomic mass is 16.5. The van der Waals surface area contributed by atoms with E-state index in [0.717, 1.165) is 73.0 Å². The fourth-order valence-corrected chi connectivity index (χ4v) is 5.01. The maximum absolute atomic E-state index is 13.3. The molecular formula is C25H27N3O2. The minimum absolute atomic E-state index is 0.141. The minimum Gasteiger partial charge on any atom is -0.384 e. The Labute approximate surface area is 176 Å². The fourth-order valence-electron chi connectivity index (χ4n) is 5.01. The number of pyridine rings is 1. The standard InChI is InChI=1S/C25H27N3O2/c26-23-8-6-20(16-27-23)21-4-1-3-18-15-19(5-7-22(18)21)24(29)28-12-2-9-25(17-28)10-13-30-14-11-25/h1,3-8,15-16H,2,9-14,17H2,(H2,26,27). The summed E-state index contributed by atoms with van der Waals surface area (Å²) in [6.45, 7) is 3.34. The van der Waals surface area contributed by atoms with E-state index in [1.165, 1.54) is 6.42 Å². The Balaban J connectivity index is 1.43. The van der Waals surface area contributed by atoms with Gasteiger partial charge in [0.2, 0.25) is 0 Å². The second-order valence-corrected chi connectivity index (χ2v) is 8.66. The molecule has 0 atom stereocenters. The van der Waals surface area contributed by atoms with Crippen molar-refractivity contribution in [3.63, 3.8) is 0 Å². The number of carbonyl (C=O) groups is 1. The molecule has 0 unspecified atom stereocenters. The van der Waals surface area contributed by atoms with E-state index in [1.807, 2.05) is 30.3 Å². The molecule has 5 rings (SSSR count). The van der Waals surface area contributed by atoms with Gasteiger partial charge in [0.15, 0.2) is 0 Å². The summed E-state index contributed by atoms with van der Waals surface area (Å²) in [6, 6.07) is 16.0. The Morgan fingerprint density at radius 3 is 2.73 bits per heavy atom. The maximum Gasteiger partial charge on any atom is 0.253 e. The second kappa shape index (κ2) is 7.73. The lowest BCUT2D eigenvalue weighted by Crippen LogP contribution is -2.48. The molecule has 0 aliphatic carbocycles. The topological polar surface area (TPSA) is 68.5 Å². The SMILES string of the molecule is Nc1ccc(-c2cccc3cc(C(=O)N4CCCC5(CCOCC5)C4)ccc23)cn1. The number of carbonyl (C=O) groups excluding carboxylic acids is 1. The maximum atomic E-state index is 13.3. The molecule has 2 aliphatic heterocycles. The van der Waals surface area contributed by atoms with Crippen LogP contribution in [0.1, 0.15) is 36.0 Å². The van der Waals surface area contributed by atoms with Gasteiger partial charge in [-0.25, -0.2) is 4.98 Å². The number of rotatable bonds is 2. The molecule has 3 heterocycles. The molecule has 30 heavy (non-hydrogen) atoms. The summed E-state index contributed by atoms with van der Waals surface area (Å²) in [5.41, 5.74) is 8.86. The van der Waals surface area contributed by atoms with Gasteiger partial charge in [-0.1, -0.05) is 24.3 Å². The summed E-state index contributed by atoms with van der Waals surface area (Å²) < 4.78 is 5.56. The summed E-state index contributed by atoms with van der Waals surface area (Å²) >= 11 is 0. The summed E-state index contributed by atoms with van der Waals surface area (Å²) in [4.78, 5) is 19.6. The molecule has 5 heteroatoms. The van der Waals surface area contributed by atoms with Crippen LogP contribution < -0.4 is 5.73 Å². The van der Waals surface area contributed by atoms with Gasteiger partial charge in [0.1, 0.15) is 5.82 Å². The normalized spacial score (nSPS) is 18.6. The molecule has 0 saturated carbocycles. The first-order chi connectivity index (χ1) is 14.6. The Bertz CT molecular complexity index is 1070. The number of amides is 1. The van der Waals surface area contributed by atoms with E-state index in [4.69, 9.17) is 10.5 Å². The van der Waals surface area contributed by atoms with Crippen LogP contribution in [-0.4, -0.2) is 42.1 Å². The van der Waals surface area contributed by atoms with Gasteiger partial charge < -0.3 is 15.4 Å². The van der Waals surface area contributed by atoms with Crippen molar-refractivity contribution in [2.75, 3.05) is 32.0 Å². The molecule has 0 bridgehead atoms. The summed E-state index contributed by atoms with van der Waals surface area (Å²) in [7, 11) is 0. The van der Waals surface area contributed by atoms with E-state index in [2.05, 4.69) is 28.1 Å². The lowest BCUT2D eigenvalue weighted by atomic mass is 9.74. The summed E-state index contributed by atoms with van der Waals surface area (Å²) in [6.07, 6.45) is 6.20. The van der Waals surface area contributed by atoms with Crippen LogP contribution in [0.3, 0.4) is 0 Å². The predicted molar refractivity (Wildman–Crippen MR) is 119 cm³/mol. The Morgan fingerprint density at radius 1 is 1.07 bits per heavy atom. The highest BCUT2D eigenvalue weighted by Crippen LogP contribution is 2.39. The van der Waals surface area contributed by atoms with Gasteiger partial charge in [0, 0.05) is 43.6 Å². The number of likely N-dealkylation sites (tertiary alicyclic amines) is 1. The first-order valence-corrected chi connectivity index (χ1v) is 10.8. The molecule has 2 saturated heterocycles. The molecular weight excluding hydrogens is 374 g/mol. The second-order valence-electron chi connectivity index (χ2n) is 8.66. The van der Waals surface area contributed by atoms with Crippen molar-refractivity contribution in [2.24, 2.45) is 5.41 Å². The monoisotopic (exact) mass is 401 g/mol. The van der Waals surface area contributed by atoms with Crippen LogP contribution in [0.5, 0.6) is 0 Å². The first-order valence-electron chi connectivity index (χ1n) is 10.8. The molecule has 0 radical (unpaired) electrons. The molecule has 1 amide bonds. The smallest absolute Gasteiger partial charge is 0.253 e. The number of hydrogen-bond donors (Lipinski definition) is 1. The van der Waals surface area contributed by atoms with Gasteiger partial charge in [-0.3, -0.25) is 4.79 Å². The number of piperidine rings is 1. The van der Waals surface area contributed by atoms with Gasteiger partial charge in [0.25, 0.3) is 5.91 Å². The van der Waals surface area contributed by atoms with Crippen LogP contribution >= 0.6 is 0 Å². The first kappa shape index (κ1) is 19.1. The number of anilines is 1. The van der Waals surface area contributed by atoms with Crippen molar-refractivity contribution in [1.82, 2.24) is 9.88 Å². The van der Waals surface area contributed by atoms with E-state index in [9.17, 15) is 4.79 Å². The van der Waals surface area contributed by atoms with E-state index in [-0.39, 0.29) is 11.3 Å². The van der Waals surface area contributed by atoms with Gasteiger partial charge in [0.05, 0.1) is 0 Å². The zero-order valence-corrected chi connectivity index (χ0v) is 17.1.